The first-order chi connectivity index (χ1) is 10.5. The average molecular weight is 324 g/mol. The molecule has 7 heteroatoms. The number of halogens is 3. The van der Waals surface area contributed by atoms with Crippen molar-refractivity contribution in [3.05, 3.63) is 46.7 Å². The molecule has 0 spiro atoms. The predicted molar refractivity (Wildman–Crippen MR) is 79.7 cm³/mol. The van der Waals surface area contributed by atoms with Crippen molar-refractivity contribution in [3.63, 3.8) is 0 Å². The van der Waals surface area contributed by atoms with Crippen LogP contribution in [0.2, 0.25) is 5.02 Å². The quantitative estimate of drug-likeness (QED) is 0.721. The summed E-state index contributed by atoms with van der Waals surface area (Å²) in [6.07, 6.45) is -2.68. The molecule has 2 heterocycles. The minimum absolute atomic E-state index is 0.225. The second kappa shape index (κ2) is 5.53. The zero-order valence-electron chi connectivity index (χ0n) is 11.8. The van der Waals surface area contributed by atoms with E-state index in [0.717, 1.165) is 4.52 Å². The Hall–Kier alpha value is -2.21. The van der Waals surface area contributed by atoms with Crippen molar-refractivity contribution in [1.82, 2.24) is 14.6 Å². The van der Waals surface area contributed by atoms with Crippen molar-refractivity contribution >= 4 is 17.2 Å². The third-order valence-electron chi connectivity index (χ3n) is 3.33. The van der Waals surface area contributed by atoms with Crippen LogP contribution < -0.4 is 4.74 Å². The Morgan fingerprint density at radius 1 is 1.23 bits per heavy atom. The number of nitrogens with zero attached hydrogens (tertiary/aromatic N) is 3. The van der Waals surface area contributed by atoms with Gasteiger partial charge in [-0.05, 0) is 37.3 Å². The second-order valence-electron chi connectivity index (χ2n) is 4.73. The van der Waals surface area contributed by atoms with Gasteiger partial charge in [0.1, 0.15) is 16.5 Å². The van der Waals surface area contributed by atoms with Crippen LogP contribution in [0, 0.1) is 6.92 Å². The molecule has 0 saturated heterocycles. The summed E-state index contributed by atoms with van der Waals surface area (Å²) >= 11 is 6.11. The number of benzene rings is 1. The molecule has 0 atom stereocenters. The molecule has 0 radical (unpaired) electrons. The first-order valence-corrected chi connectivity index (χ1v) is 6.87. The Morgan fingerprint density at radius 3 is 2.50 bits per heavy atom. The molecule has 0 unspecified atom stereocenters. The highest BCUT2D eigenvalue weighted by molar-refractivity contribution is 6.34. The monoisotopic (exact) mass is 323 g/mol. The summed E-state index contributed by atoms with van der Waals surface area (Å²) < 4.78 is 32.8. The van der Waals surface area contributed by atoms with E-state index in [2.05, 4.69) is 10.1 Å². The second-order valence-corrected chi connectivity index (χ2v) is 5.11. The normalized spacial score (nSPS) is 11.4. The van der Waals surface area contributed by atoms with Crippen LogP contribution in [-0.4, -0.2) is 21.7 Å². The van der Waals surface area contributed by atoms with Gasteiger partial charge in [0.25, 0.3) is 6.43 Å². The van der Waals surface area contributed by atoms with Crippen molar-refractivity contribution in [1.29, 1.82) is 0 Å². The number of aromatic nitrogens is 3. The van der Waals surface area contributed by atoms with Gasteiger partial charge in [0.2, 0.25) is 0 Å². The van der Waals surface area contributed by atoms with Gasteiger partial charge in [0.05, 0.1) is 18.5 Å². The Labute approximate surface area is 130 Å². The Kier molecular flexibility index (Phi) is 3.70. The lowest BCUT2D eigenvalue weighted by atomic mass is 10.1. The number of ether oxygens (including phenoxy) is 1. The minimum Gasteiger partial charge on any atom is -0.497 e. The maximum atomic E-state index is 13.3. The van der Waals surface area contributed by atoms with Crippen molar-refractivity contribution in [2.45, 2.75) is 13.3 Å². The zero-order valence-corrected chi connectivity index (χ0v) is 12.6. The Morgan fingerprint density at radius 2 is 1.91 bits per heavy atom. The SMILES string of the molecule is COc1ccc(-c2cc(C(F)F)n3nc(C)c(Cl)c3n2)cc1. The van der Waals surface area contributed by atoms with Crippen LogP contribution in [0.15, 0.2) is 30.3 Å². The van der Waals surface area contributed by atoms with E-state index < -0.39 is 6.43 Å². The van der Waals surface area contributed by atoms with Gasteiger partial charge in [0, 0.05) is 5.56 Å². The molecule has 0 aliphatic carbocycles. The lowest BCUT2D eigenvalue weighted by Gasteiger charge is -2.08. The van der Waals surface area contributed by atoms with Gasteiger partial charge in [-0.3, -0.25) is 0 Å². The number of aryl methyl sites for hydroxylation is 1. The molecule has 0 amide bonds. The van der Waals surface area contributed by atoms with Gasteiger partial charge in [-0.25, -0.2) is 18.3 Å². The topological polar surface area (TPSA) is 39.4 Å². The summed E-state index contributed by atoms with van der Waals surface area (Å²) in [7, 11) is 1.56. The number of hydrogen-bond donors (Lipinski definition) is 0. The third kappa shape index (κ3) is 2.39. The molecule has 4 nitrogen and oxygen atoms in total. The van der Waals surface area contributed by atoms with E-state index in [1.807, 2.05) is 0 Å². The van der Waals surface area contributed by atoms with Gasteiger partial charge in [-0.15, -0.1) is 0 Å². The fourth-order valence-corrected chi connectivity index (χ4v) is 2.35. The molecule has 1 aromatic carbocycles. The first kappa shape index (κ1) is 14.7. The van der Waals surface area contributed by atoms with Crippen LogP contribution >= 0.6 is 11.6 Å². The van der Waals surface area contributed by atoms with E-state index in [-0.39, 0.29) is 16.4 Å². The summed E-state index contributed by atoms with van der Waals surface area (Å²) in [6, 6.07) is 8.31. The third-order valence-corrected chi connectivity index (χ3v) is 3.77. The molecular weight excluding hydrogens is 312 g/mol. The van der Waals surface area contributed by atoms with Gasteiger partial charge in [-0.2, -0.15) is 5.10 Å². The minimum atomic E-state index is -2.68. The molecule has 3 rings (SSSR count). The summed E-state index contributed by atoms with van der Waals surface area (Å²) in [5, 5.41) is 4.29. The van der Waals surface area contributed by atoms with Crippen molar-refractivity contribution in [3.8, 4) is 17.0 Å². The van der Waals surface area contributed by atoms with E-state index in [0.29, 0.717) is 22.7 Å². The van der Waals surface area contributed by atoms with Crippen molar-refractivity contribution < 1.29 is 13.5 Å². The van der Waals surface area contributed by atoms with E-state index in [1.54, 1.807) is 38.3 Å². The number of alkyl halides is 2. The Balaban J connectivity index is 2.23. The molecule has 3 aromatic rings. The van der Waals surface area contributed by atoms with Crippen LogP contribution in [-0.2, 0) is 0 Å². The first-order valence-electron chi connectivity index (χ1n) is 6.49. The average Bonchev–Trinajstić information content (AvgIpc) is 2.81. The lowest BCUT2D eigenvalue weighted by Crippen LogP contribution is -2.02. The van der Waals surface area contributed by atoms with Gasteiger partial charge in [-0.1, -0.05) is 11.6 Å². The molecule has 0 aliphatic rings. The highest BCUT2D eigenvalue weighted by atomic mass is 35.5. The van der Waals surface area contributed by atoms with E-state index in [9.17, 15) is 8.78 Å². The van der Waals surface area contributed by atoms with Crippen LogP contribution in [0.5, 0.6) is 5.75 Å². The number of fused-ring (bicyclic) bond motifs is 1. The van der Waals surface area contributed by atoms with E-state index >= 15 is 0 Å². The molecule has 0 fully saturated rings. The molecule has 0 aliphatic heterocycles. The Bertz CT molecular complexity index is 831. The number of rotatable bonds is 3. The van der Waals surface area contributed by atoms with Gasteiger partial charge < -0.3 is 4.74 Å². The van der Waals surface area contributed by atoms with Gasteiger partial charge >= 0.3 is 0 Å². The molecule has 0 N–H and O–H groups in total. The molecule has 0 bridgehead atoms. The molecular formula is C15H12ClF2N3O. The van der Waals surface area contributed by atoms with Crippen LogP contribution in [0.3, 0.4) is 0 Å². The molecule has 22 heavy (non-hydrogen) atoms. The van der Waals surface area contributed by atoms with Gasteiger partial charge in [0.15, 0.2) is 5.65 Å². The number of hydrogen-bond acceptors (Lipinski definition) is 3. The molecule has 114 valence electrons. The predicted octanol–water partition coefficient (Wildman–Crippen LogP) is 4.30. The van der Waals surface area contributed by atoms with Crippen LogP contribution in [0.1, 0.15) is 17.8 Å². The highest BCUT2D eigenvalue weighted by Crippen LogP contribution is 2.30. The van der Waals surface area contributed by atoms with Crippen molar-refractivity contribution in [2.75, 3.05) is 7.11 Å². The maximum absolute atomic E-state index is 13.3. The zero-order chi connectivity index (χ0) is 15.9. The van der Waals surface area contributed by atoms with Crippen LogP contribution in [0.4, 0.5) is 8.78 Å². The largest absolute Gasteiger partial charge is 0.497 e. The summed E-state index contributed by atoms with van der Waals surface area (Å²) in [5.41, 5.74) is 1.55. The standard InChI is InChI=1S/C15H12ClF2N3O/c1-8-13(16)15-19-11(7-12(14(17)18)21(15)20-8)9-3-5-10(22-2)6-4-9/h3-7,14H,1-2H3. The molecule has 0 saturated carbocycles. The summed E-state index contributed by atoms with van der Waals surface area (Å²) in [6.45, 7) is 1.65. The molecule has 2 aromatic heterocycles. The summed E-state index contributed by atoms with van der Waals surface area (Å²) in [4.78, 5) is 4.36. The smallest absolute Gasteiger partial charge is 0.280 e. The lowest BCUT2D eigenvalue weighted by molar-refractivity contribution is 0.143. The highest BCUT2D eigenvalue weighted by Gasteiger charge is 2.19. The fourth-order valence-electron chi connectivity index (χ4n) is 2.19. The van der Waals surface area contributed by atoms with Crippen molar-refractivity contribution in [2.24, 2.45) is 0 Å². The van der Waals surface area contributed by atoms with E-state index in [4.69, 9.17) is 16.3 Å². The maximum Gasteiger partial charge on any atom is 0.280 e. The van der Waals surface area contributed by atoms with Crippen LogP contribution in [0.25, 0.3) is 16.9 Å². The van der Waals surface area contributed by atoms with E-state index in [1.165, 1.54) is 6.07 Å². The fraction of sp³-hybridized carbons (Fsp3) is 0.200. The number of methoxy groups -OCH3 is 1. The summed E-state index contributed by atoms with van der Waals surface area (Å²) in [5.74, 6) is 0.678.